The Morgan fingerprint density at radius 2 is 1.97 bits per heavy atom. The third-order valence-electron chi connectivity index (χ3n) is 6.52. The Labute approximate surface area is 188 Å². The number of rotatable bonds is 5. The zero-order chi connectivity index (χ0) is 22.7. The molecule has 2 saturated heterocycles. The number of aromatic nitrogens is 1. The molecular formula is C25H31FN4O2. The van der Waals surface area contributed by atoms with E-state index in [0.717, 1.165) is 31.6 Å². The van der Waals surface area contributed by atoms with Crippen LogP contribution in [0.3, 0.4) is 0 Å². The largest absolute Gasteiger partial charge is 0.352 e. The van der Waals surface area contributed by atoms with Crippen LogP contribution in [-0.4, -0.2) is 47.4 Å². The number of amides is 2. The van der Waals surface area contributed by atoms with Crippen LogP contribution in [0.15, 0.2) is 42.6 Å². The monoisotopic (exact) mass is 438 g/mol. The van der Waals surface area contributed by atoms with Crippen molar-refractivity contribution >= 4 is 23.3 Å². The molecule has 7 heteroatoms. The fraction of sp³-hybridized carbons (Fsp3) is 0.480. The van der Waals surface area contributed by atoms with Crippen molar-refractivity contribution in [3.05, 3.63) is 54.0 Å². The molecule has 0 saturated carbocycles. The van der Waals surface area contributed by atoms with Gasteiger partial charge in [0.05, 0.1) is 24.3 Å². The lowest BCUT2D eigenvalue weighted by atomic mass is 9.98. The first-order valence-electron chi connectivity index (χ1n) is 11.5. The quantitative estimate of drug-likeness (QED) is 0.770. The molecule has 2 aliphatic rings. The molecule has 32 heavy (non-hydrogen) atoms. The van der Waals surface area contributed by atoms with Crippen LogP contribution < -0.4 is 10.2 Å². The molecule has 2 aliphatic heterocycles. The van der Waals surface area contributed by atoms with Gasteiger partial charge in [0.15, 0.2) is 0 Å². The fourth-order valence-electron chi connectivity index (χ4n) is 4.67. The van der Waals surface area contributed by atoms with Crippen molar-refractivity contribution in [1.29, 1.82) is 0 Å². The van der Waals surface area contributed by atoms with Crippen LogP contribution >= 0.6 is 0 Å². The van der Waals surface area contributed by atoms with E-state index in [-0.39, 0.29) is 36.0 Å². The lowest BCUT2D eigenvalue weighted by Gasteiger charge is -2.31. The van der Waals surface area contributed by atoms with Gasteiger partial charge in [-0.1, -0.05) is 38.5 Å². The zero-order valence-corrected chi connectivity index (χ0v) is 18.8. The van der Waals surface area contributed by atoms with E-state index >= 15 is 0 Å². The second-order valence-corrected chi connectivity index (χ2v) is 9.13. The standard InChI is InChI=1S/C25H31FN4O2/c1-17(2)25(32)28-20-10-11-23(27-14-20)30-12-6-5-8-19-15-29(16-22(19)30)24(31)13-18-7-3-4-9-21(18)26/h3-4,7,9-11,14,17,19,22H,5-6,8,12-13,15-16H2,1-2H3,(H,28,32)/t19-,22+/m1/s1. The number of hydrogen-bond acceptors (Lipinski definition) is 4. The number of fused-ring (bicyclic) bond motifs is 1. The molecule has 2 atom stereocenters. The SMILES string of the molecule is CC(C)C(=O)Nc1ccc(N2CCCC[C@@H]3CN(C(=O)Cc4ccccc4F)C[C@@H]32)nc1. The summed E-state index contributed by atoms with van der Waals surface area (Å²) in [6.07, 6.45) is 5.08. The topological polar surface area (TPSA) is 65.5 Å². The molecule has 4 rings (SSSR count). The highest BCUT2D eigenvalue weighted by Gasteiger charge is 2.40. The first kappa shape index (κ1) is 22.2. The normalized spacial score (nSPS) is 20.8. The van der Waals surface area contributed by atoms with Crippen LogP contribution in [0.5, 0.6) is 0 Å². The predicted octanol–water partition coefficient (Wildman–Crippen LogP) is 3.88. The van der Waals surface area contributed by atoms with Crippen molar-refractivity contribution in [3.8, 4) is 0 Å². The summed E-state index contributed by atoms with van der Waals surface area (Å²) in [6, 6.07) is 10.5. The molecule has 0 spiro atoms. The van der Waals surface area contributed by atoms with Gasteiger partial charge in [-0.2, -0.15) is 0 Å². The fourth-order valence-corrected chi connectivity index (χ4v) is 4.67. The number of benzene rings is 1. The number of carbonyl (C=O) groups excluding carboxylic acids is 2. The number of anilines is 2. The molecule has 6 nitrogen and oxygen atoms in total. The lowest BCUT2D eigenvalue weighted by molar-refractivity contribution is -0.129. The third kappa shape index (κ3) is 4.92. The van der Waals surface area contributed by atoms with Crippen molar-refractivity contribution in [3.63, 3.8) is 0 Å². The molecule has 0 bridgehead atoms. The minimum Gasteiger partial charge on any atom is -0.352 e. The smallest absolute Gasteiger partial charge is 0.227 e. The van der Waals surface area contributed by atoms with Crippen molar-refractivity contribution in [2.75, 3.05) is 29.9 Å². The van der Waals surface area contributed by atoms with E-state index < -0.39 is 0 Å². The Morgan fingerprint density at radius 1 is 1.16 bits per heavy atom. The molecule has 170 valence electrons. The maximum atomic E-state index is 14.0. The van der Waals surface area contributed by atoms with Crippen molar-refractivity contribution < 1.29 is 14.0 Å². The Balaban J connectivity index is 1.46. The summed E-state index contributed by atoms with van der Waals surface area (Å²) < 4.78 is 14.0. The predicted molar refractivity (Wildman–Crippen MR) is 123 cm³/mol. The Bertz CT molecular complexity index is 963. The van der Waals surface area contributed by atoms with Gasteiger partial charge < -0.3 is 15.1 Å². The summed E-state index contributed by atoms with van der Waals surface area (Å²) in [4.78, 5) is 33.7. The number of pyridine rings is 1. The summed E-state index contributed by atoms with van der Waals surface area (Å²) in [5, 5.41) is 2.88. The first-order chi connectivity index (χ1) is 15.4. The average molecular weight is 439 g/mol. The van der Waals surface area contributed by atoms with E-state index in [0.29, 0.717) is 30.3 Å². The second kappa shape index (κ2) is 9.67. The maximum absolute atomic E-state index is 14.0. The van der Waals surface area contributed by atoms with Crippen LogP contribution in [0.4, 0.5) is 15.9 Å². The van der Waals surface area contributed by atoms with Gasteiger partial charge in [0.1, 0.15) is 11.6 Å². The zero-order valence-electron chi connectivity index (χ0n) is 18.8. The highest BCUT2D eigenvalue weighted by Crippen LogP contribution is 2.33. The van der Waals surface area contributed by atoms with Crippen LogP contribution in [0.1, 0.15) is 38.7 Å². The number of halogens is 1. The summed E-state index contributed by atoms with van der Waals surface area (Å²) in [5.41, 5.74) is 1.13. The van der Waals surface area contributed by atoms with Crippen LogP contribution in [0, 0.1) is 17.7 Å². The third-order valence-corrected chi connectivity index (χ3v) is 6.52. The molecule has 2 amide bonds. The van der Waals surface area contributed by atoms with Crippen molar-refractivity contribution in [1.82, 2.24) is 9.88 Å². The van der Waals surface area contributed by atoms with Gasteiger partial charge in [-0.15, -0.1) is 0 Å². The van der Waals surface area contributed by atoms with E-state index in [4.69, 9.17) is 0 Å². The van der Waals surface area contributed by atoms with Gasteiger partial charge in [0.25, 0.3) is 0 Å². The van der Waals surface area contributed by atoms with Gasteiger partial charge in [-0.3, -0.25) is 9.59 Å². The van der Waals surface area contributed by atoms with E-state index in [9.17, 15) is 14.0 Å². The highest BCUT2D eigenvalue weighted by atomic mass is 19.1. The van der Waals surface area contributed by atoms with E-state index in [2.05, 4.69) is 15.2 Å². The molecule has 3 heterocycles. The Morgan fingerprint density at radius 3 is 2.69 bits per heavy atom. The summed E-state index contributed by atoms with van der Waals surface area (Å²) in [7, 11) is 0. The Hall–Kier alpha value is -2.96. The van der Waals surface area contributed by atoms with Crippen molar-refractivity contribution in [2.45, 2.75) is 45.6 Å². The molecule has 0 radical (unpaired) electrons. The molecule has 2 fully saturated rings. The number of nitrogens with zero attached hydrogens (tertiary/aromatic N) is 3. The average Bonchev–Trinajstić information content (AvgIpc) is 3.10. The summed E-state index contributed by atoms with van der Waals surface area (Å²) >= 11 is 0. The van der Waals surface area contributed by atoms with Gasteiger partial charge in [0, 0.05) is 25.6 Å². The number of hydrogen-bond donors (Lipinski definition) is 1. The van der Waals surface area contributed by atoms with Crippen LogP contribution in [0.25, 0.3) is 0 Å². The number of nitrogens with one attached hydrogen (secondary N) is 1. The van der Waals surface area contributed by atoms with Gasteiger partial charge in [-0.25, -0.2) is 9.37 Å². The van der Waals surface area contributed by atoms with Gasteiger partial charge in [-0.05, 0) is 42.5 Å². The second-order valence-electron chi connectivity index (χ2n) is 9.13. The van der Waals surface area contributed by atoms with Gasteiger partial charge >= 0.3 is 0 Å². The van der Waals surface area contributed by atoms with Crippen molar-refractivity contribution in [2.24, 2.45) is 11.8 Å². The first-order valence-corrected chi connectivity index (χ1v) is 11.5. The summed E-state index contributed by atoms with van der Waals surface area (Å²) in [5.74, 6) is 0.770. The summed E-state index contributed by atoms with van der Waals surface area (Å²) in [6.45, 7) is 5.94. The maximum Gasteiger partial charge on any atom is 0.227 e. The van der Waals surface area contributed by atoms with Gasteiger partial charge in [0.2, 0.25) is 11.8 Å². The molecule has 2 aromatic rings. The molecule has 1 aromatic carbocycles. The molecular weight excluding hydrogens is 407 g/mol. The van der Waals surface area contributed by atoms with Crippen LogP contribution in [0.2, 0.25) is 0 Å². The highest BCUT2D eigenvalue weighted by molar-refractivity contribution is 5.91. The van der Waals surface area contributed by atoms with E-state index in [1.807, 2.05) is 30.9 Å². The molecule has 1 N–H and O–H groups in total. The minimum atomic E-state index is -0.329. The molecule has 0 unspecified atom stereocenters. The minimum absolute atomic E-state index is 0.0252. The lowest BCUT2D eigenvalue weighted by Crippen LogP contribution is -2.41. The van der Waals surface area contributed by atoms with E-state index in [1.165, 1.54) is 6.07 Å². The number of likely N-dealkylation sites (tertiary alicyclic amines) is 1. The molecule has 1 aromatic heterocycles. The van der Waals surface area contributed by atoms with E-state index in [1.54, 1.807) is 24.4 Å². The Kier molecular flexibility index (Phi) is 6.72. The van der Waals surface area contributed by atoms with Crippen LogP contribution in [-0.2, 0) is 16.0 Å². The molecule has 0 aliphatic carbocycles. The number of carbonyl (C=O) groups is 2.